The molecule has 2 rings (SSSR count). The number of likely N-dealkylation sites (N-methyl/N-ethyl adjacent to an activating group) is 1. The van der Waals surface area contributed by atoms with Crippen LogP contribution in [0.1, 0.15) is 17.3 Å². The third kappa shape index (κ3) is 2.25. The maximum absolute atomic E-state index is 11.7. The lowest BCUT2D eigenvalue weighted by molar-refractivity contribution is 0.0992. The normalized spacial score (nSPS) is 10.7. The zero-order valence-electron chi connectivity index (χ0n) is 8.62. The number of hydrogen-bond acceptors (Lipinski definition) is 3. The van der Waals surface area contributed by atoms with Crippen molar-refractivity contribution in [2.24, 2.45) is 0 Å². The minimum absolute atomic E-state index is 0.157. The van der Waals surface area contributed by atoms with Crippen LogP contribution in [0, 0.1) is 0 Å². The molecule has 0 radical (unpaired) electrons. The van der Waals surface area contributed by atoms with Crippen LogP contribution in [0.15, 0.2) is 29.6 Å². The van der Waals surface area contributed by atoms with Crippen LogP contribution in [-0.2, 0) is 0 Å². The number of rotatable bonds is 4. The number of Topliss-reactive ketones (excluding diaryl/α,β-unsaturated/α-hetero) is 1. The summed E-state index contributed by atoms with van der Waals surface area (Å²) in [6.45, 7) is 3.24. The first kappa shape index (κ1) is 10.3. The van der Waals surface area contributed by atoms with Gasteiger partial charge in [-0.2, -0.15) is 0 Å². The summed E-state index contributed by atoms with van der Waals surface area (Å²) >= 11 is 1.70. The highest BCUT2D eigenvalue weighted by atomic mass is 32.1. The molecule has 15 heavy (non-hydrogen) atoms. The van der Waals surface area contributed by atoms with Crippen LogP contribution in [0.5, 0.6) is 0 Å². The van der Waals surface area contributed by atoms with Gasteiger partial charge in [0.1, 0.15) is 0 Å². The van der Waals surface area contributed by atoms with Crippen molar-refractivity contribution in [3.63, 3.8) is 0 Å². The van der Waals surface area contributed by atoms with Crippen LogP contribution in [-0.4, -0.2) is 18.9 Å². The van der Waals surface area contributed by atoms with Crippen LogP contribution in [0.25, 0.3) is 10.1 Å². The summed E-state index contributed by atoms with van der Waals surface area (Å²) in [6.07, 6.45) is 0. The van der Waals surface area contributed by atoms with Gasteiger partial charge in [-0.1, -0.05) is 6.92 Å². The summed E-state index contributed by atoms with van der Waals surface area (Å²) in [4.78, 5) is 11.7. The van der Waals surface area contributed by atoms with Gasteiger partial charge in [0.15, 0.2) is 5.78 Å². The molecule has 78 valence electrons. The molecular weight excluding hydrogens is 206 g/mol. The van der Waals surface area contributed by atoms with E-state index in [0.29, 0.717) is 6.54 Å². The predicted octanol–water partition coefficient (Wildman–Crippen LogP) is 2.69. The van der Waals surface area contributed by atoms with Crippen LogP contribution < -0.4 is 5.32 Å². The van der Waals surface area contributed by atoms with Gasteiger partial charge in [0.2, 0.25) is 0 Å². The third-order valence-corrected chi connectivity index (χ3v) is 3.21. The van der Waals surface area contributed by atoms with Gasteiger partial charge in [-0.25, -0.2) is 0 Å². The Balaban J connectivity index is 2.23. The molecule has 0 fully saturated rings. The Hall–Kier alpha value is -1.19. The fourth-order valence-electron chi connectivity index (χ4n) is 1.48. The first-order chi connectivity index (χ1) is 7.31. The molecule has 3 heteroatoms. The van der Waals surface area contributed by atoms with Crippen LogP contribution in [0.4, 0.5) is 0 Å². The number of benzene rings is 1. The van der Waals surface area contributed by atoms with E-state index >= 15 is 0 Å². The lowest BCUT2D eigenvalue weighted by Gasteiger charge is -2.01. The lowest BCUT2D eigenvalue weighted by Crippen LogP contribution is -2.22. The monoisotopic (exact) mass is 219 g/mol. The highest BCUT2D eigenvalue weighted by Crippen LogP contribution is 2.21. The van der Waals surface area contributed by atoms with Gasteiger partial charge in [-0.3, -0.25) is 4.79 Å². The summed E-state index contributed by atoms with van der Waals surface area (Å²) in [5, 5.41) is 6.24. The van der Waals surface area contributed by atoms with Crippen molar-refractivity contribution in [1.82, 2.24) is 5.32 Å². The molecule has 0 aliphatic heterocycles. The average molecular weight is 219 g/mol. The number of nitrogens with one attached hydrogen (secondary N) is 1. The number of carbonyl (C=O) groups is 1. The number of carbonyl (C=O) groups excluding carboxylic acids is 1. The number of thiophene rings is 1. The Bertz CT molecular complexity index is 475. The summed E-state index contributed by atoms with van der Waals surface area (Å²) in [7, 11) is 0. The summed E-state index contributed by atoms with van der Waals surface area (Å²) in [5.74, 6) is 0.157. The van der Waals surface area contributed by atoms with Gasteiger partial charge in [0.25, 0.3) is 0 Å². The summed E-state index contributed by atoms with van der Waals surface area (Å²) in [6, 6.07) is 7.92. The highest BCUT2D eigenvalue weighted by molar-refractivity contribution is 7.17. The summed E-state index contributed by atoms with van der Waals surface area (Å²) < 4.78 is 1.23. The highest BCUT2D eigenvalue weighted by Gasteiger charge is 2.05. The van der Waals surface area contributed by atoms with Crippen molar-refractivity contribution in [2.75, 3.05) is 13.1 Å². The van der Waals surface area contributed by atoms with Crippen molar-refractivity contribution < 1.29 is 4.79 Å². The van der Waals surface area contributed by atoms with Crippen LogP contribution in [0.3, 0.4) is 0 Å². The predicted molar refractivity (Wildman–Crippen MR) is 64.7 cm³/mol. The second kappa shape index (κ2) is 4.55. The molecule has 0 saturated heterocycles. The standard InChI is InChI=1S/C12H13NOS/c1-2-13-8-11(14)9-3-4-12-10(7-9)5-6-15-12/h3-7,13H,2,8H2,1H3. The van der Waals surface area contributed by atoms with E-state index in [2.05, 4.69) is 5.32 Å². The van der Waals surface area contributed by atoms with E-state index in [1.54, 1.807) is 11.3 Å². The van der Waals surface area contributed by atoms with E-state index in [4.69, 9.17) is 0 Å². The lowest BCUT2D eigenvalue weighted by atomic mass is 10.1. The molecule has 0 amide bonds. The molecule has 0 spiro atoms. The quantitative estimate of drug-likeness (QED) is 0.801. The van der Waals surface area contributed by atoms with Gasteiger partial charge in [-0.15, -0.1) is 11.3 Å². The smallest absolute Gasteiger partial charge is 0.176 e. The molecule has 1 aromatic carbocycles. The Morgan fingerprint density at radius 1 is 1.40 bits per heavy atom. The second-order valence-corrected chi connectivity index (χ2v) is 4.32. The molecule has 0 atom stereocenters. The topological polar surface area (TPSA) is 29.1 Å². The number of hydrogen-bond donors (Lipinski definition) is 1. The molecule has 1 heterocycles. The van der Waals surface area contributed by atoms with Crippen molar-refractivity contribution in [2.45, 2.75) is 6.92 Å². The van der Waals surface area contributed by atoms with Gasteiger partial charge >= 0.3 is 0 Å². The fourth-order valence-corrected chi connectivity index (χ4v) is 2.25. The zero-order chi connectivity index (χ0) is 10.7. The minimum atomic E-state index is 0.157. The molecule has 2 aromatic rings. The Labute approximate surface area is 92.9 Å². The van der Waals surface area contributed by atoms with E-state index in [-0.39, 0.29) is 5.78 Å². The van der Waals surface area contributed by atoms with E-state index in [9.17, 15) is 4.79 Å². The molecule has 0 aliphatic carbocycles. The van der Waals surface area contributed by atoms with Gasteiger partial charge in [-0.05, 0) is 41.6 Å². The Kier molecular flexibility index (Phi) is 3.14. The van der Waals surface area contributed by atoms with E-state index in [0.717, 1.165) is 17.5 Å². The number of fused-ring (bicyclic) bond motifs is 1. The van der Waals surface area contributed by atoms with E-state index < -0.39 is 0 Å². The number of ketones is 1. The van der Waals surface area contributed by atoms with Crippen molar-refractivity contribution in [3.05, 3.63) is 35.2 Å². The minimum Gasteiger partial charge on any atom is -0.310 e. The summed E-state index contributed by atoms with van der Waals surface area (Å²) in [5.41, 5.74) is 0.793. The van der Waals surface area contributed by atoms with E-state index in [1.165, 1.54) is 4.70 Å². The molecule has 1 aromatic heterocycles. The molecule has 0 saturated carbocycles. The first-order valence-electron chi connectivity index (χ1n) is 5.02. The first-order valence-corrected chi connectivity index (χ1v) is 5.90. The average Bonchev–Trinajstić information content (AvgIpc) is 2.72. The van der Waals surface area contributed by atoms with Crippen molar-refractivity contribution in [3.8, 4) is 0 Å². The zero-order valence-corrected chi connectivity index (χ0v) is 9.43. The van der Waals surface area contributed by atoms with Gasteiger partial charge in [0.05, 0.1) is 6.54 Å². The Morgan fingerprint density at radius 3 is 3.07 bits per heavy atom. The molecule has 1 N–H and O–H groups in total. The maximum atomic E-state index is 11.7. The second-order valence-electron chi connectivity index (χ2n) is 3.38. The molecule has 0 aliphatic rings. The third-order valence-electron chi connectivity index (χ3n) is 2.31. The maximum Gasteiger partial charge on any atom is 0.176 e. The van der Waals surface area contributed by atoms with Crippen LogP contribution >= 0.6 is 11.3 Å². The largest absolute Gasteiger partial charge is 0.310 e. The fraction of sp³-hybridized carbons (Fsp3) is 0.250. The van der Waals surface area contributed by atoms with Crippen molar-refractivity contribution in [1.29, 1.82) is 0 Å². The van der Waals surface area contributed by atoms with E-state index in [1.807, 2.05) is 36.6 Å². The molecule has 0 bridgehead atoms. The van der Waals surface area contributed by atoms with Gasteiger partial charge < -0.3 is 5.32 Å². The van der Waals surface area contributed by atoms with Crippen molar-refractivity contribution >= 4 is 27.2 Å². The molecule has 2 nitrogen and oxygen atoms in total. The molecule has 0 unspecified atom stereocenters. The van der Waals surface area contributed by atoms with Crippen LogP contribution in [0.2, 0.25) is 0 Å². The SMILES string of the molecule is CCNCC(=O)c1ccc2sccc2c1. The molecular formula is C12H13NOS. The Morgan fingerprint density at radius 2 is 2.27 bits per heavy atom. The van der Waals surface area contributed by atoms with Gasteiger partial charge in [0, 0.05) is 10.3 Å².